The molecule has 0 spiro atoms. The molecule has 0 saturated carbocycles. The van der Waals surface area contributed by atoms with Crippen LogP contribution in [0.2, 0.25) is 0 Å². The largest absolute Gasteiger partial charge is 0.508 e. The molecule has 6 nitrogen and oxygen atoms in total. The quantitative estimate of drug-likeness (QED) is 0.360. The number of aliphatic hydroxyl groups excluding tert-OH is 1. The fourth-order valence-electron chi connectivity index (χ4n) is 1.63. The van der Waals surface area contributed by atoms with E-state index in [4.69, 9.17) is 10.4 Å². The summed E-state index contributed by atoms with van der Waals surface area (Å²) in [6.07, 6.45) is 1.97. The first-order valence-electron chi connectivity index (χ1n) is 6.60. The van der Waals surface area contributed by atoms with Crippen LogP contribution in [0.25, 0.3) is 0 Å². The summed E-state index contributed by atoms with van der Waals surface area (Å²) in [4.78, 5) is 12.0. The summed E-state index contributed by atoms with van der Waals surface area (Å²) < 4.78 is 0. The van der Waals surface area contributed by atoms with Gasteiger partial charge in [0.25, 0.3) is 5.91 Å². The van der Waals surface area contributed by atoms with Crippen molar-refractivity contribution in [3.8, 4) is 11.8 Å². The monoisotopic (exact) mass is 289 g/mol. The molecule has 0 aromatic heterocycles. The van der Waals surface area contributed by atoms with Crippen LogP contribution in [0.5, 0.6) is 5.75 Å². The highest BCUT2D eigenvalue weighted by atomic mass is 16.3. The number of carbonyl (C=O) groups excluding carboxylic acids is 1. The SMILES string of the molecule is CCC(CO)N/C=C(/C#N)C(=O)Nc1ccc(O)cc1C. The van der Waals surface area contributed by atoms with Gasteiger partial charge in [0.2, 0.25) is 0 Å². The van der Waals surface area contributed by atoms with Gasteiger partial charge in [0, 0.05) is 17.9 Å². The van der Waals surface area contributed by atoms with E-state index in [1.165, 1.54) is 18.3 Å². The lowest BCUT2D eigenvalue weighted by Gasteiger charge is -2.12. The van der Waals surface area contributed by atoms with Gasteiger partial charge in [-0.15, -0.1) is 0 Å². The van der Waals surface area contributed by atoms with Crippen LogP contribution in [0, 0.1) is 18.3 Å². The topological polar surface area (TPSA) is 105 Å². The van der Waals surface area contributed by atoms with Gasteiger partial charge < -0.3 is 20.8 Å². The third-order valence-electron chi connectivity index (χ3n) is 3.00. The first-order valence-corrected chi connectivity index (χ1v) is 6.60. The minimum atomic E-state index is -0.549. The Labute approximate surface area is 123 Å². The molecule has 1 rings (SSSR count). The van der Waals surface area contributed by atoms with E-state index in [1.54, 1.807) is 13.0 Å². The summed E-state index contributed by atoms with van der Waals surface area (Å²) in [7, 11) is 0. The van der Waals surface area contributed by atoms with Crippen LogP contribution in [-0.2, 0) is 4.79 Å². The number of anilines is 1. The number of nitrogens with one attached hydrogen (secondary N) is 2. The Hall–Kier alpha value is -2.52. The molecule has 1 unspecified atom stereocenters. The van der Waals surface area contributed by atoms with Crippen LogP contribution >= 0.6 is 0 Å². The minimum absolute atomic E-state index is 0.0790. The molecule has 1 atom stereocenters. The van der Waals surface area contributed by atoms with Gasteiger partial charge in [0.05, 0.1) is 6.61 Å². The fraction of sp³-hybridized carbons (Fsp3) is 0.333. The molecule has 0 heterocycles. The number of nitrogens with zero attached hydrogens (tertiary/aromatic N) is 1. The number of hydrogen-bond donors (Lipinski definition) is 4. The molecular weight excluding hydrogens is 270 g/mol. The number of aliphatic hydroxyl groups is 1. The Morgan fingerprint density at radius 3 is 2.76 bits per heavy atom. The highest BCUT2D eigenvalue weighted by Crippen LogP contribution is 2.20. The van der Waals surface area contributed by atoms with Crippen molar-refractivity contribution in [3.63, 3.8) is 0 Å². The van der Waals surface area contributed by atoms with Gasteiger partial charge in [-0.1, -0.05) is 6.92 Å². The molecule has 0 aliphatic carbocycles. The molecule has 6 heteroatoms. The minimum Gasteiger partial charge on any atom is -0.508 e. The Bertz CT molecular complexity index is 572. The Morgan fingerprint density at radius 1 is 1.52 bits per heavy atom. The van der Waals surface area contributed by atoms with Crippen molar-refractivity contribution in [3.05, 3.63) is 35.5 Å². The van der Waals surface area contributed by atoms with Crippen molar-refractivity contribution in [2.24, 2.45) is 0 Å². The van der Waals surface area contributed by atoms with Gasteiger partial charge in [-0.05, 0) is 37.1 Å². The normalized spacial score (nSPS) is 12.4. The molecule has 4 N–H and O–H groups in total. The number of phenols is 1. The van der Waals surface area contributed by atoms with E-state index >= 15 is 0 Å². The van der Waals surface area contributed by atoms with Crippen molar-refractivity contribution in [2.75, 3.05) is 11.9 Å². The average Bonchev–Trinajstić information content (AvgIpc) is 2.46. The molecule has 0 bridgehead atoms. The molecule has 0 aliphatic heterocycles. The summed E-state index contributed by atoms with van der Waals surface area (Å²) in [6, 6.07) is 6.15. The van der Waals surface area contributed by atoms with Gasteiger partial charge in [-0.3, -0.25) is 4.79 Å². The third kappa shape index (κ3) is 4.82. The van der Waals surface area contributed by atoms with Gasteiger partial charge in [0.15, 0.2) is 0 Å². The number of aromatic hydroxyl groups is 1. The molecule has 0 fully saturated rings. The summed E-state index contributed by atoms with van der Waals surface area (Å²) in [5, 5.41) is 32.8. The second-order valence-corrected chi connectivity index (χ2v) is 4.58. The lowest BCUT2D eigenvalue weighted by Crippen LogP contribution is -2.28. The van der Waals surface area contributed by atoms with Crippen LogP contribution in [0.4, 0.5) is 5.69 Å². The number of aryl methyl sites for hydroxylation is 1. The van der Waals surface area contributed by atoms with Crippen LogP contribution in [-0.4, -0.2) is 28.8 Å². The van der Waals surface area contributed by atoms with Gasteiger partial charge in [-0.2, -0.15) is 5.26 Å². The van der Waals surface area contributed by atoms with Crippen LogP contribution < -0.4 is 10.6 Å². The summed E-state index contributed by atoms with van der Waals surface area (Å²) in [6.45, 7) is 3.54. The number of phenolic OH excluding ortho intramolecular Hbond substituents is 1. The average molecular weight is 289 g/mol. The summed E-state index contributed by atoms with van der Waals surface area (Å²) >= 11 is 0. The van der Waals surface area contributed by atoms with Crippen molar-refractivity contribution in [1.29, 1.82) is 5.26 Å². The number of hydrogen-bond acceptors (Lipinski definition) is 5. The van der Waals surface area contributed by atoms with Gasteiger partial charge in [0.1, 0.15) is 17.4 Å². The van der Waals surface area contributed by atoms with Crippen LogP contribution in [0.1, 0.15) is 18.9 Å². The number of carbonyl (C=O) groups is 1. The van der Waals surface area contributed by atoms with Crippen molar-refractivity contribution >= 4 is 11.6 Å². The van der Waals surface area contributed by atoms with Crippen LogP contribution in [0.3, 0.4) is 0 Å². The van der Waals surface area contributed by atoms with Gasteiger partial charge in [-0.25, -0.2) is 0 Å². The molecule has 21 heavy (non-hydrogen) atoms. The zero-order chi connectivity index (χ0) is 15.8. The van der Waals surface area contributed by atoms with Gasteiger partial charge >= 0.3 is 0 Å². The second kappa shape index (κ2) is 7.92. The number of amides is 1. The Morgan fingerprint density at radius 2 is 2.24 bits per heavy atom. The maximum Gasteiger partial charge on any atom is 0.267 e. The van der Waals surface area contributed by atoms with E-state index in [2.05, 4.69) is 10.6 Å². The molecule has 1 aromatic carbocycles. The Kier molecular flexibility index (Phi) is 6.24. The van der Waals surface area contributed by atoms with Crippen molar-refractivity contribution < 1.29 is 15.0 Å². The van der Waals surface area contributed by atoms with Crippen molar-refractivity contribution in [1.82, 2.24) is 5.32 Å². The maximum absolute atomic E-state index is 12.0. The lowest BCUT2D eigenvalue weighted by atomic mass is 10.1. The lowest BCUT2D eigenvalue weighted by molar-refractivity contribution is -0.112. The summed E-state index contributed by atoms with van der Waals surface area (Å²) in [5.74, 6) is -0.441. The molecule has 0 radical (unpaired) electrons. The predicted octanol–water partition coefficient (Wildman–Crippen LogP) is 1.41. The maximum atomic E-state index is 12.0. The number of benzene rings is 1. The first kappa shape index (κ1) is 16.5. The van der Waals surface area contributed by atoms with E-state index in [9.17, 15) is 9.90 Å². The molecule has 112 valence electrons. The smallest absolute Gasteiger partial charge is 0.267 e. The molecule has 0 aliphatic rings. The summed E-state index contributed by atoms with van der Waals surface area (Å²) in [5.41, 5.74) is 1.12. The number of rotatable bonds is 6. The molecule has 1 aromatic rings. The highest BCUT2D eigenvalue weighted by Gasteiger charge is 2.11. The predicted molar refractivity (Wildman–Crippen MR) is 79.5 cm³/mol. The standard InChI is InChI=1S/C15H19N3O3/c1-3-12(9-19)17-8-11(7-16)15(21)18-14-5-4-13(20)6-10(14)2/h4-6,8,12,17,19-20H,3,9H2,1-2H3,(H,18,21)/b11-8-. The Balaban J connectivity index is 2.80. The van der Waals surface area contributed by atoms with E-state index in [0.29, 0.717) is 17.7 Å². The zero-order valence-corrected chi connectivity index (χ0v) is 12.1. The molecular formula is C15H19N3O3. The van der Waals surface area contributed by atoms with E-state index in [-0.39, 0.29) is 24.0 Å². The first-order chi connectivity index (χ1) is 10.0. The fourth-order valence-corrected chi connectivity index (χ4v) is 1.63. The van der Waals surface area contributed by atoms with E-state index < -0.39 is 5.91 Å². The van der Waals surface area contributed by atoms with E-state index in [0.717, 1.165) is 0 Å². The van der Waals surface area contributed by atoms with E-state index in [1.807, 2.05) is 13.0 Å². The second-order valence-electron chi connectivity index (χ2n) is 4.58. The van der Waals surface area contributed by atoms with Crippen molar-refractivity contribution in [2.45, 2.75) is 26.3 Å². The highest BCUT2D eigenvalue weighted by molar-refractivity contribution is 6.06. The molecule has 1 amide bonds. The van der Waals surface area contributed by atoms with Crippen LogP contribution in [0.15, 0.2) is 30.0 Å². The third-order valence-corrected chi connectivity index (χ3v) is 3.00. The zero-order valence-electron chi connectivity index (χ0n) is 12.1. The number of nitriles is 1. The molecule has 0 saturated heterocycles.